The van der Waals surface area contributed by atoms with Crippen LogP contribution in [0.2, 0.25) is 0 Å². The Balaban J connectivity index is 2.23. The van der Waals surface area contributed by atoms with E-state index in [1.807, 2.05) is 0 Å². The molecule has 0 saturated carbocycles. The van der Waals surface area contributed by atoms with Crippen LogP contribution in [0.15, 0.2) is 0 Å². The minimum absolute atomic E-state index is 0.0625. The Labute approximate surface area is 71.3 Å². The molecule has 2 saturated heterocycles. The normalized spacial score (nSPS) is 40.8. The van der Waals surface area contributed by atoms with Crippen molar-refractivity contribution in [3.05, 3.63) is 0 Å². The lowest BCUT2D eigenvalue weighted by atomic mass is 9.86. The zero-order chi connectivity index (χ0) is 8.60. The summed E-state index contributed by atoms with van der Waals surface area (Å²) in [4.78, 5) is 11.5. The molecule has 4 heteroatoms. The van der Waals surface area contributed by atoms with Crippen LogP contribution in [-0.4, -0.2) is 36.2 Å². The molecule has 2 aliphatic heterocycles. The van der Waals surface area contributed by atoms with Gasteiger partial charge in [0, 0.05) is 19.1 Å². The SMILES string of the molecule is O=C1NCC(CO)[C@]12CCCN2. The van der Waals surface area contributed by atoms with Gasteiger partial charge < -0.3 is 15.7 Å². The van der Waals surface area contributed by atoms with Crippen LogP contribution in [0.4, 0.5) is 0 Å². The average Bonchev–Trinajstić information content (AvgIpc) is 2.65. The first kappa shape index (κ1) is 8.01. The molecule has 4 nitrogen and oxygen atoms in total. The van der Waals surface area contributed by atoms with E-state index < -0.39 is 5.54 Å². The highest BCUT2D eigenvalue weighted by atomic mass is 16.3. The number of carbonyl (C=O) groups excluding carboxylic acids is 1. The molecule has 2 heterocycles. The third-order valence-corrected chi connectivity index (χ3v) is 3.02. The van der Waals surface area contributed by atoms with Crippen LogP contribution >= 0.6 is 0 Å². The molecule has 0 aromatic heterocycles. The molecule has 2 atom stereocenters. The van der Waals surface area contributed by atoms with Crippen LogP contribution in [0.1, 0.15) is 12.8 Å². The summed E-state index contributed by atoms with van der Waals surface area (Å²) in [5, 5.41) is 15.1. The Morgan fingerprint density at radius 3 is 3.08 bits per heavy atom. The van der Waals surface area contributed by atoms with Gasteiger partial charge in [0.05, 0.1) is 0 Å². The summed E-state index contributed by atoms with van der Waals surface area (Å²) in [5.41, 5.74) is -0.436. The Bertz CT molecular complexity index is 199. The van der Waals surface area contributed by atoms with E-state index in [-0.39, 0.29) is 18.4 Å². The van der Waals surface area contributed by atoms with Gasteiger partial charge in [-0.25, -0.2) is 0 Å². The van der Waals surface area contributed by atoms with Gasteiger partial charge in [0.2, 0.25) is 5.91 Å². The number of aliphatic hydroxyl groups is 1. The summed E-state index contributed by atoms with van der Waals surface area (Å²) >= 11 is 0. The molecule has 68 valence electrons. The summed E-state index contributed by atoms with van der Waals surface area (Å²) in [5.74, 6) is 0.131. The summed E-state index contributed by atoms with van der Waals surface area (Å²) in [6.45, 7) is 1.60. The van der Waals surface area contributed by atoms with Crippen LogP contribution in [0.25, 0.3) is 0 Å². The van der Waals surface area contributed by atoms with E-state index in [1.54, 1.807) is 0 Å². The van der Waals surface area contributed by atoms with Gasteiger partial charge in [-0.05, 0) is 19.4 Å². The van der Waals surface area contributed by atoms with Crippen molar-refractivity contribution in [2.75, 3.05) is 19.7 Å². The van der Waals surface area contributed by atoms with Gasteiger partial charge in [-0.15, -0.1) is 0 Å². The van der Waals surface area contributed by atoms with E-state index in [2.05, 4.69) is 10.6 Å². The lowest BCUT2D eigenvalue weighted by Gasteiger charge is -2.26. The highest BCUT2D eigenvalue weighted by Gasteiger charge is 2.51. The van der Waals surface area contributed by atoms with Crippen LogP contribution in [0.3, 0.4) is 0 Å². The molecule has 0 aliphatic carbocycles. The first-order chi connectivity index (χ1) is 5.79. The van der Waals surface area contributed by atoms with Crippen molar-refractivity contribution < 1.29 is 9.90 Å². The minimum atomic E-state index is -0.436. The molecule has 2 rings (SSSR count). The largest absolute Gasteiger partial charge is 0.396 e. The predicted molar refractivity (Wildman–Crippen MR) is 43.6 cm³/mol. The fourth-order valence-corrected chi connectivity index (χ4v) is 2.26. The van der Waals surface area contributed by atoms with Crippen LogP contribution in [0, 0.1) is 5.92 Å². The van der Waals surface area contributed by atoms with E-state index >= 15 is 0 Å². The van der Waals surface area contributed by atoms with E-state index in [1.165, 1.54) is 0 Å². The van der Waals surface area contributed by atoms with Gasteiger partial charge in [0.25, 0.3) is 0 Å². The fourth-order valence-electron chi connectivity index (χ4n) is 2.26. The maximum Gasteiger partial charge on any atom is 0.240 e. The second-order valence-corrected chi connectivity index (χ2v) is 3.59. The summed E-state index contributed by atoms with van der Waals surface area (Å²) in [6, 6.07) is 0. The van der Waals surface area contributed by atoms with Crippen LogP contribution < -0.4 is 10.6 Å². The van der Waals surface area contributed by atoms with Gasteiger partial charge in [0.15, 0.2) is 0 Å². The quantitative estimate of drug-likeness (QED) is 0.465. The highest BCUT2D eigenvalue weighted by Crippen LogP contribution is 2.31. The van der Waals surface area contributed by atoms with Gasteiger partial charge in [0.1, 0.15) is 5.54 Å². The topological polar surface area (TPSA) is 61.4 Å². The Hall–Kier alpha value is -0.610. The number of nitrogens with one attached hydrogen (secondary N) is 2. The van der Waals surface area contributed by atoms with E-state index in [4.69, 9.17) is 5.11 Å². The number of aliphatic hydroxyl groups excluding tert-OH is 1. The number of rotatable bonds is 1. The van der Waals surface area contributed by atoms with Crippen molar-refractivity contribution >= 4 is 5.91 Å². The second kappa shape index (κ2) is 2.71. The Kier molecular flexibility index (Phi) is 1.81. The van der Waals surface area contributed by atoms with E-state index in [0.717, 1.165) is 19.4 Å². The van der Waals surface area contributed by atoms with Crippen molar-refractivity contribution in [2.45, 2.75) is 18.4 Å². The lowest BCUT2D eigenvalue weighted by molar-refractivity contribution is -0.125. The molecule has 2 aliphatic rings. The van der Waals surface area contributed by atoms with Crippen LogP contribution in [0.5, 0.6) is 0 Å². The standard InChI is InChI=1S/C8H14N2O2/c11-5-6-4-9-7(12)8(6)2-1-3-10-8/h6,10-11H,1-5H2,(H,9,12)/t6?,8-/m1/s1. The molecule has 0 aromatic carbocycles. The first-order valence-electron chi connectivity index (χ1n) is 4.44. The van der Waals surface area contributed by atoms with E-state index in [9.17, 15) is 4.79 Å². The first-order valence-corrected chi connectivity index (χ1v) is 4.44. The average molecular weight is 170 g/mol. The third kappa shape index (κ3) is 0.881. The van der Waals surface area contributed by atoms with Gasteiger partial charge in [-0.1, -0.05) is 0 Å². The Morgan fingerprint density at radius 1 is 1.67 bits per heavy atom. The molecule has 0 radical (unpaired) electrons. The molecular weight excluding hydrogens is 156 g/mol. The summed E-state index contributed by atoms with van der Waals surface area (Å²) in [7, 11) is 0. The van der Waals surface area contributed by atoms with Gasteiger partial charge in [-0.2, -0.15) is 0 Å². The molecule has 0 bridgehead atoms. The molecule has 1 unspecified atom stereocenters. The fraction of sp³-hybridized carbons (Fsp3) is 0.875. The maximum absolute atomic E-state index is 11.5. The van der Waals surface area contributed by atoms with Crippen molar-refractivity contribution in [1.29, 1.82) is 0 Å². The number of hydrogen-bond acceptors (Lipinski definition) is 3. The molecular formula is C8H14N2O2. The molecule has 1 amide bonds. The summed E-state index contributed by atoms with van der Waals surface area (Å²) in [6.07, 6.45) is 1.90. The second-order valence-electron chi connectivity index (χ2n) is 3.59. The number of amides is 1. The van der Waals surface area contributed by atoms with Gasteiger partial charge in [-0.3, -0.25) is 4.79 Å². The smallest absolute Gasteiger partial charge is 0.240 e. The van der Waals surface area contributed by atoms with Crippen molar-refractivity contribution in [3.8, 4) is 0 Å². The predicted octanol–water partition coefficient (Wildman–Crippen LogP) is -1.15. The monoisotopic (exact) mass is 170 g/mol. The molecule has 1 spiro atoms. The molecule has 2 fully saturated rings. The molecule has 12 heavy (non-hydrogen) atoms. The van der Waals surface area contributed by atoms with E-state index in [0.29, 0.717) is 6.54 Å². The number of hydrogen-bond donors (Lipinski definition) is 3. The maximum atomic E-state index is 11.5. The zero-order valence-corrected chi connectivity index (χ0v) is 6.97. The molecule has 0 aromatic rings. The van der Waals surface area contributed by atoms with Crippen LogP contribution in [-0.2, 0) is 4.79 Å². The van der Waals surface area contributed by atoms with Crippen molar-refractivity contribution in [2.24, 2.45) is 5.92 Å². The number of carbonyl (C=O) groups is 1. The van der Waals surface area contributed by atoms with Crippen molar-refractivity contribution in [1.82, 2.24) is 10.6 Å². The Morgan fingerprint density at radius 2 is 2.50 bits per heavy atom. The third-order valence-electron chi connectivity index (χ3n) is 3.02. The molecule has 3 N–H and O–H groups in total. The highest BCUT2D eigenvalue weighted by molar-refractivity contribution is 5.89. The minimum Gasteiger partial charge on any atom is -0.396 e. The van der Waals surface area contributed by atoms with Gasteiger partial charge >= 0.3 is 0 Å². The zero-order valence-electron chi connectivity index (χ0n) is 6.97. The summed E-state index contributed by atoms with van der Waals surface area (Å²) < 4.78 is 0. The lowest BCUT2D eigenvalue weighted by Crippen LogP contribution is -2.51. The van der Waals surface area contributed by atoms with Crippen molar-refractivity contribution in [3.63, 3.8) is 0 Å².